The van der Waals surface area contributed by atoms with Crippen LogP contribution in [0.2, 0.25) is 0 Å². The van der Waals surface area contributed by atoms with E-state index in [0.29, 0.717) is 6.61 Å². The normalized spacial score (nSPS) is 20.0. The highest BCUT2D eigenvalue weighted by atomic mass is 79.9. The van der Waals surface area contributed by atoms with E-state index < -0.39 is 0 Å². The average molecular weight is 297 g/mol. The Hall–Kier alpha value is -1.07. The number of fused-ring (bicyclic) bond motifs is 1. The molecule has 1 aliphatic rings. The Balaban J connectivity index is 1.94. The molecule has 0 spiro atoms. The maximum Gasteiger partial charge on any atom is 0.140 e. The van der Waals surface area contributed by atoms with Crippen molar-refractivity contribution in [1.29, 1.82) is 0 Å². The number of nitrogens with zero attached hydrogens (tertiary/aromatic N) is 2. The molecule has 1 aliphatic heterocycles. The first-order valence-electron chi connectivity index (χ1n) is 5.61. The van der Waals surface area contributed by atoms with Crippen molar-refractivity contribution < 1.29 is 9.47 Å². The summed E-state index contributed by atoms with van der Waals surface area (Å²) in [5.41, 5.74) is 1.90. The molecule has 5 heteroatoms. The fourth-order valence-electron chi connectivity index (χ4n) is 1.99. The zero-order valence-corrected chi connectivity index (χ0v) is 11.1. The van der Waals surface area contributed by atoms with Crippen molar-refractivity contribution in [3.63, 3.8) is 0 Å². The minimum absolute atomic E-state index is 0.157. The molecule has 17 heavy (non-hydrogen) atoms. The highest BCUT2D eigenvalue weighted by Gasteiger charge is 2.18. The molecule has 2 aromatic heterocycles. The van der Waals surface area contributed by atoms with E-state index in [1.807, 2.05) is 29.8 Å². The number of hydrogen-bond acceptors (Lipinski definition) is 3. The quantitative estimate of drug-likeness (QED) is 0.854. The Labute approximate surface area is 108 Å². The second-order valence-electron chi connectivity index (χ2n) is 4.24. The Kier molecular flexibility index (Phi) is 2.80. The number of pyridine rings is 1. The van der Waals surface area contributed by atoms with Gasteiger partial charge >= 0.3 is 0 Å². The molecule has 0 saturated carbocycles. The number of ether oxygens (including phenoxy) is 2. The molecule has 0 aliphatic carbocycles. The molecular weight excluding hydrogens is 284 g/mol. The van der Waals surface area contributed by atoms with E-state index in [1.54, 1.807) is 0 Å². The number of aromatic nitrogens is 2. The summed E-state index contributed by atoms with van der Waals surface area (Å²) < 4.78 is 14.1. The summed E-state index contributed by atoms with van der Waals surface area (Å²) in [6, 6.07) is 1.95. The molecule has 0 aromatic carbocycles. The van der Waals surface area contributed by atoms with E-state index in [-0.39, 0.29) is 6.10 Å². The fourth-order valence-corrected chi connectivity index (χ4v) is 2.42. The maximum atomic E-state index is 5.90. The summed E-state index contributed by atoms with van der Waals surface area (Å²) in [4.78, 5) is 4.42. The molecular formula is C12H13BrN2O2. The van der Waals surface area contributed by atoms with Gasteiger partial charge in [-0.1, -0.05) is 0 Å². The standard InChI is InChI=1S/C12H13BrN2O2/c1-8-5-15-6-10(13)11(4-12(15)14-8)17-9-2-3-16-7-9/h4-6,9H,2-3,7H2,1H3. The molecule has 90 valence electrons. The molecule has 1 atom stereocenters. The number of rotatable bonds is 2. The van der Waals surface area contributed by atoms with Crippen LogP contribution < -0.4 is 4.74 Å². The smallest absolute Gasteiger partial charge is 0.140 e. The van der Waals surface area contributed by atoms with Gasteiger partial charge in [0.2, 0.25) is 0 Å². The Morgan fingerprint density at radius 2 is 2.41 bits per heavy atom. The van der Waals surface area contributed by atoms with Crippen LogP contribution >= 0.6 is 15.9 Å². The molecule has 3 heterocycles. The van der Waals surface area contributed by atoms with Crippen molar-refractivity contribution in [3.05, 3.63) is 28.6 Å². The minimum atomic E-state index is 0.157. The predicted octanol–water partition coefficient (Wildman–Crippen LogP) is 2.57. The number of halogens is 1. The van der Waals surface area contributed by atoms with Crippen molar-refractivity contribution >= 4 is 21.6 Å². The van der Waals surface area contributed by atoms with Crippen LogP contribution in [0.15, 0.2) is 22.9 Å². The van der Waals surface area contributed by atoms with Crippen LogP contribution in [0.5, 0.6) is 5.75 Å². The summed E-state index contributed by atoms with van der Waals surface area (Å²) in [5.74, 6) is 0.832. The molecule has 0 radical (unpaired) electrons. The molecule has 0 N–H and O–H groups in total. The van der Waals surface area contributed by atoms with Crippen LogP contribution in [0.4, 0.5) is 0 Å². The first-order chi connectivity index (χ1) is 8.22. The summed E-state index contributed by atoms with van der Waals surface area (Å²) in [6.07, 6.45) is 5.07. The van der Waals surface area contributed by atoms with E-state index in [9.17, 15) is 0 Å². The van der Waals surface area contributed by atoms with E-state index in [1.165, 1.54) is 0 Å². The van der Waals surface area contributed by atoms with Gasteiger partial charge in [-0.2, -0.15) is 0 Å². The highest BCUT2D eigenvalue weighted by Crippen LogP contribution is 2.28. The predicted molar refractivity (Wildman–Crippen MR) is 67.5 cm³/mol. The van der Waals surface area contributed by atoms with Gasteiger partial charge in [-0.15, -0.1) is 0 Å². The van der Waals surface area contributed by atoms with E-state index >= 15 is 0 Å². The third kappa shape index (κ3) is 2.17. The molecule has 2 aromatic rings. The van der Waals surface area contributed by atoms with Crippen LogP contribution in [-0.2, 0) is 4.74 Å². The molecule has 1 unspecified atom stereocenters. The monoisotopic (exact) mass is 296 g/mol. The molecule has 0 bridgehead atoms. The minimum Gasteiger partial charge on any atom is -0.487 e. The van der Waals surface area contributed by atoms with Gasteiger partial charge in [-0.05, 0) is 22.9 Å². The number of hydrogen-bond donors (Lipinski definition) is 0. The molecule has 1 fully saturated rings. The summed E-state index contributed by atoms with van der Waals surface area (Å²) in [5, 5.41) is 0. The van der Waals surface area contributed by atoms with E-state index in [4.69, 9.17) is 9.47 Å². The average Bonchev–Trinajstić information content (AvgIpc) is 2.87. The highest BCUT2D eigenvalue weighted by molar-refractivity contribution is 9.10. The third-order valence-electron chi connectivity index (χ3n) is 2.81. The SMILES string of the molecule is Cc1cn2cc(Br)c(OC3CCOC3)cc2n1. The van der Waals surface area contributed by atoms with Crippen LogP contribution in [0.3, 0.4) is 0 Å². The lowest BCUT2D eigenvalue weighted by molar-refractivity contribution is 0.141. The lowest BCUT2D eigenvalue weighted by atomic mass is 10.3. The molecule has 4 nitrogen and oxygen atoms in total. The maximum absolute atomic E-state index is 5.90. The van der Waals surface area contributed by atoms with Gasteiger partial charge in [-0.25, -0.2) is 4.98 Å². The first-order valence-corrected chi connectivity index (χ1v) is 6.41. The van der Waals surface area contributed by atoms with Crippen molar-refractivity contribution in [2.45, 2.75) is 19.4 Å². The summed E-state index contributed by atoms with van der Waals surface area (Å²) in [7, 11) is 0. The van der Waals surface area contributed by atoms with Gasteiger partial charge in [0.15, 0.2) is 0 Å². The lowest BCUT2D eigenvalue weighted by Gasteiger charge is -2.13. The Bertz CT molecular complexity index is 547. The van der Waals surface area contributed by atoms with E-state index in [0.717, 1.165) is 34.6 Å². The lowest BCUT2D eigenvalue weighted by Crippen LogP contribution is -2.16. The molecule has 0 amide bonds. The zero-order valence-electron chi connectivity index (χ0n) is 9.52. The van der Waals surface area contributed by atoms with Gasteiger partial charge in [-0.3, -0.25) is 0 Å². The largest absolute Gasteiger partial charge is 0.487 e. The second kappa shape index (κ2) is 4.31. The zero-order chi connectivity index (χ0) is 11.8. The number of imidazole rings is 1. The first kappa shape index (κ1) is 11.0. The number of aryl methyl sites for hydroxylation is 1. The van der Waals surface area contributed by atoms with Crippen LogP contribution in [0.25, 0.3) is 5.65 Å². The van der Waals surface area contributed by atoms with Crippen LogP contribution in [-0.4, -0.2) is 28.7 Å². The third-order valence-corrected chi connectivity index (χ3v) is 3.41. The fraction of sp³-hybridized carbons (Fsp3) is 0.417. The van der Waals surface area contributed by atoms with E-state index in [2.05, 4.69) is 20.9 Å². The van der Waals surface area contributed by atoms with Gasteiger partial charge < -0.3 is 13.9 Å². The Morgan fingerprint density at radius 3 is 3.18 bits per heavy atom. The van der Waals surface area contributed by atoms with Gasteiger partial charge in [0.05, 0.1) is 23.4 Å². The van der Waals surface area contributed by atoms with Crippen LogP contribution in [0.1, 0.15) is 12.1 Å². The van der Waals surface area contributed by atoms with Crippen molar-refractivity contribution in [3.8, 4) is 5.75 Å². The molecule has 1 saturated heterocycles. The van der Waals surface area contributed by atoms with Crippen molar-refractivity contribution in [1.82, 2.24) is 9.38 Å². The molecule has 3 rings (SSSR count). The van der Waals surface area contributed by atoms with Gasteiger partial charge in [0.25, 0.3) is 0 Å². The Morgan fingerprint density at radius 1 is 1.53 bits per heavy atom. The second-order valence-corrected chi connectivity index (χ2v) is 5.09. The van der Waals surface area contributed by atoms with Crippen molar-refractivity contribution in [2.75, 3.05) is 13.2 Å². The van der Waals surface area contributed by atoms with Gasteiger partial charge in [0.1, 0.15) is 17.5 Å². The summed E-state index contributed by atoms with van der Waals surface area (Å²) in [6.45, 7) is 3.43. The van der Waals surface area contributed by atoms with Crippen LogP contribution in [0, 0.1) is 6.92 Å². The summed E-state index contributed by atoms with van der Waals surface area (Å²) >= 11 is 3.52. The van der Waals surface area contributed by atoms with Crippen molar-refractivity contribution in [2.24, 2.45) is 0 Å². The van der Waals surface area contributed by atoms with Gasteiger partial charge in [0, 0.05) is 24.9 Å². The topological polar surface area (TPSA) is 35.8 Å².